The molecule has 112 valence electrons. The summed E-state index contributed by atoms with van der Waals surface area (Å²) in [6, 6.07) is 19.0. The third kappa shape index (κ3) is 3.72. The monoisotopic (exact) mass is 283 g/mol. The highest BCUT2D eigenvalue weighted by Gasteiger charge is 2.29. The molecule has 0 aliphatic heterocycles. The number of hydrogen-bond acceptors (Lipinski definition) is 2. The van der Waals surface area contributed by atoms with Crippen molar-refractivity contribution in [2.24, 2.45) is 5.73 Å². The van der Waals surface area contributed by atoms with Crippen LogP contribution in [0, 0.1) is 0 Å². The van der Waals surface area contributed by atoms with E-state index in [0.29, 0.717) is 0 Å². The maximum atomic E-state index is 6.53. The van der Waals surface area contributed by atoms with Gasteiger partial charge in [0.1, 0.15) is 0 Å². The molecule has 0 bridgehead atoms. The van der Waals surface area contributed by atoms with E-state index in [1.165, 1.54) is 16.7 Å². The van der Waals surface area contributed by atoms with E-state index in [0.717, 1.165) is 13.0 Å². The fourth-order valence-electron chi connectivity index (χ4n) is 2.58. The second-order valence-corrected chi connectivity index (χ2v) is 6.05. The molecule has 2 aromatic carbocycles. The lowest BCUT2D eigenvalue weighted by Gasteiger charge is -2.32. The molecule has 1 unspecified atom stereocenters. The van der Waals surface area contributed by atoms with E-state index in [9.17, 15) is 0 Å². The van der Waals surface area contributed by atoms with Gasteiger partial charge in [0.2, 0.25) is 0 Å². The van der Waals surface area contributed by atoms with Crippen molar-refractivity contribution in [1.82, 2.24) is 0 Å². The van der Waals surface area contributed by atoms with Gasteiger partial charge in [-0.1, -0.05) is 68.4 Å². The Morgan fingerprint density at radius 2 is 1.62 bits per heavy atom. The minimum Gasteiger partial charge on any atom is -0.384 e. The SMILES string of the molecule is COCCc1ccc(C(N)C(C)(C)c2ccccc2)cc1. The Bertz CT molecular complexity index is 546. The minimum absolute atomic E-state index is 0.0311. The van der Waals surface area contributed by atoms with Crippen molar-refractivity contribution in [2.75, 3.05) is 13.7 Å². The normalized spacial score (nSPS) is 13.1. The van der Waals surface area contributed by atoms with Crippen molar-refractivity contribution in [3.63, 3.8) is 0 Å². The Labute approximate surface area is 127 Å². The molecule has 0 radical (unpaired) electrons. The summed E-state index contributed by atoms with van der Waals surface area (Å²) in [6.45, 7) is 5.15. The predicted molar refractivity (Wildman–Crippen MR) is 88.4 cm³/mol. The van der Waals surface area contributed by atoms with Crippen LogP contribution in [0.5, 0.6) is 0 Å². The van der Waals surface area contributed by atoms with Crippen LogP contribution < -0.4 is 5.73 Å². The van der Waals surface area contributed by atoms with Crippen LogP contribution in [0.3, 0.4) is 0 Å². The molecular weight excluding hydrogens is 258 g/mol. The van der Waals surface area contributed by atoms with E-state index < -0.39 is 0 Å². The van der Waals surface area contributed by atoms with Crippen LogP contribution >= 0.6 is 0 Å². The molecule has 0 aromatic heterocycles. The molecule has 2 nitrogen and oxygen atoms in total. The molecule has 2 rings (SSSR count). The Balaban J connectivity index is 2.17. The van der Waals surface area contributed by atoms with Crippen molar-refractivity contribution in [3.05, 3.63) is 71.3 Å². The molecule has 2 heteroatoms. The van der Waals surface area contributed by atoms with E-state index in [1.807, 2.05) is 6.07 Å². The Morgan fingerprint density at radius 1 is 1.00 bits per heavy atom. The molecule has 0 amide bonds. The van der Waals surface area contributed by atoms with Crippen molar-refractivity contribution < 1.29 is 4.74 Å². The fraction of sp³-hybridized carbons (Fsp3) is 0.368. The molecule has 0 saturated heterocycles. The van der Waals surface area contributed by atoms with E-state index >= 15 is 0 Å². The standard InChI is InChI=1S/C19H25NO/c1-19(2,17-7-5-4-6-8-17)18(20)16-11-9-15(10-12-16)13-14-21-3/h4-12,18H,13-14,20H2,1-3H3. The number of ether oxygens (including phenoxy) is 1. The summed E-state index contributed by atoms with van der Waals surface area (Å²) >= 11 is 0. The lowest BCUT2D eigenvalue weighted by Crippen LogP contribution is -2.33. The van der Waals surface area contributed by atoms with Gasteiger partial charge in [0, 0.05) is 18.6 Å². The van der Waals surface area contributed by atoms with Gasteiger partial charge >= 0.3 is 0 Å². The van der Waals surface area contributed by atoms with Crippen LogP contribution in [-0.4, -0.2) is 13.7 Å². The molecule has 0 heterocycles. The topological polar surface area (TPSA) is 35.2 Å². The van der Waals surface area contributed by atoms with Crippen molar-refractivity contribution in [3.8, 4) is 0 Å². The number of methoxy groups -OCH3 is 1. The average Bonchev–Trinajstić information content (AvgIpc) is 2.53. The summed E-state index contributed by atoms with van der Waals surface area (Å²) in [5, 5.41) is 0. The van der Waals surface area contributed by atoms with E-state index in [4.69, 9.17) is 10.5 Å². The van der Waals surface area contributed by atoms with E-state index in [2.05, 4.69) is 62.4 Å². The molecule has 21 heavy (non-hydrogen) atoms. The molecule has 1 atom stereocenters. The Kier molecular flexibility index (Phi) is 5.16. The highest BCUT2D eigenvalue weighted by atomic mass is 16.5. The first kappa shape index (κ1) is 15.7. The highest BCUT2D eigenvalue weighted by Crippen LogP contribution is 2.35. The fourth-order valence-corrected chi connectivity index (χ4v) is 2.58. The zero-order valence-corrected chi connectivity index (χ0v) is 13.2. The van der Waals surface area contributed by atoms with E-state index in [-0.39, 0.29) is 11.5 Å². The van der Waals surface area contributed by atoms with Crippen LogP contribution in [0.1, 0.15) is 36.6 Å². The van der Waals surface area contributed by atoms with Crippen LogP contribution in [0.2, 0.25) is 0 Å². The number of nitrogens with two attached hydrogens (primary N) is 1. The van der Waals surface area contributed by atoms with Crippen molar-refractivity contribution >= 4 is 0 Å². The van der Waals surface area contributed by atoms with Gasteiger partial charge in [0.25, 0.3) is 0 Å². The van der Waals surface area contributed by atoms with Gasteiger partial charge < -0.3 is 10.5 Å². The molecule has 0 spiro atoms. The summed E-state index contributed by atoms with van der Waals surface area (Å²) in [5.74, 6) is 0. The zero-order chi connectivity index (χ0) is 15.3. The average molecular weight is 283 g/mol. The summed E-state index contributed by atoms with van der Waals surface area (Å²) in [4.78, 5) is 0. The summed E-state index contributed by atoms with van der Waals surface area (Å²) < 4.78 is 5.11. The molecule has 2 aromatic rings. The largest absolute Gasteiger partial charge is 0.384 e. The quantitative estimate of drug-likeness (QED) is 0.874. The smallest absolute Gasteiger partial charge is 0.0502 e. The first-order valence-corrected chi connectivity index (χ1v) is 7.44. The summed E-state index contributed by atoms with van der Waals surface area (Å²) in [5.41, 5.74) is 10.1. The first-order chi connectivity index (χ1) is 10.1. The molecule has 2 N–H and O–H groups in total. The zero-order valence-electron chi connectivity index (χ0n) is 13.2. The summed E-state index contributed by atoms with van der Waals surface area (Å²) in [7, 11) is 1.73. The Morgan fingerprint density at radius 3 is 2.19 bits per heavy atom. The van der Waals surface area contributed by atoms with Crippen LogP contribution in [0.25, 0.3) is 0 Å². The molecular formula is C19H25NO. The third-order valence-electron chi connectivity index (χ3n) is 4.23. The van der Waals surface area contributed by atoms with Gasteiger partial charge in [0.05, 0.1) is 6.61 Å². The van der Waals surface area contributed by atoms with Crippen LogP contribution in [0.4, 0.5) is 0 Å². The highest BCUT2D eigenvalue weighted by molar-refractivity contribution is 5.33. The van der Waals surface area contributed by atoms with Crippen molar-refractivity contribution in [1.29, 1.82) is 0 Å². The van der Waals surface area contributed by atoms with Crippen molar-refractivity contribution in [2.45, 2.75) is 31.7 Å². The molecule has 0 aliphatic rings. The predicted octanol–water partition coefficient (Wildman–Crippen LogP) is 3.85. The van der Waals surface area contributed by atoms with E-state index in [1.54, 1.807) is 7.11 Å². The van der Waals surface area contributed by atoms with Crippen LogP contribution in [-0.2, 0) is 16.6 Å². The number of benzene rings is 2. The lowest BCUT2D eigenvalue weighted by molar-refractivity contribution is 0.202. The van der Waals surface area contributed by atoms with Gasteiger partial charge in [-0.2, -0.15) is 0 Å². The first-order valence-electron chi connectivity index (χ1n) is 7.44. The van der Waals surface area contributed by atoms with Gasteiger partial charge in [-0.05, 0) is 23.1 Å². The third-order valence-corrected chi connectivity index (χ3v) is 4.23. The minimum atomic E-state index is -0.102. The van der Waals surface area contributed by atoms with Gasteiger partial charge in [-0.25, -0.2) is 0 Å². The van der Waals surface area contributed by atoms with Gasteiger partial charge in [-0.3, -0.25) is 0 Å². The lowest BCUT2D eigenvalue weighted by atomic mass is 9.75. The molecule has 0 aliphatic carbocycles. The summed E-state index contributed by atoms with van der Waals surface area (Å²) in [6.07, 6.45) is 0.939. The molecule has 0 saturated carbocycles. The maximum absolute atomic E-state index is 6.53. The maximum Gasteiger partial charge on any atom is 0.0502 e. The molecule has 0 fully saturated rings. The second-order valence-electron chi connectivity index (χ2n) is 6.05. The van der Waals surface area contributed by atoms with Gasteiger partial charge in [-0.15, -0.1) is 0 Å². The number of hydrogen-bond donors (Lipinski definition) is 1. The number of rotatable bonds is 6. The van der Waals surface area contributed by atoms with Crippen LogP contribution in [0.15, 0.2) is 54.6 Å². The van der Waals surface area contributed by atoms with Gasteiger partial charge in [0.15, 0.2) is 0 Å². The Hall–Kier alpha value is -1.64. The second kappa shape index (κ2) is 6.88.